The predicted molar refractivity (Wildman–Crippen MR) is 115 cm³/mol. The summed E-state index contributed by atoms with van der Waals surface area (Å²) in [6.45, 7) is 5.78. The number of rotatable bonds is 5. The van der Waals surface area contributed by atoms with Crippen LogP contribution in [-0.4, -0.2) is 47.2 Å². The Kier molecular flexibility index (Phi) is 5.98. The molecule has 0 fully saturated rings. The van der Waals surface area contributed by atoms with E-state index in [1.54, 1.807) is 45.0 Å². The monoisotopic (exact) mass is 425 g/mol. The zero-order valence-electron chi connectivity index (χ0n) is 17.0. The van der Waals surface area contributed by atoms with Crippen molar-refractivity contribution in [3.05, 3.63) is 64.7 Å². The van der Waals surface area contributed by atoms with E-state index < -0.39 is 17.4 Å². The van der Waals surface area contributed by atoms with Crippen molar-refractivity contribution >= 4 is 36.3 Å². The molecule has 2 aromatic rings. The van der Waals surface area contributed by atoms with Crippen molar-refractivity contribution in [2.75, 3.05) is 13.1 Å². The van der Waals surface area contributed by atoms with Gasteiger partial charge in [-0.25, -0.2) is 0 Å². The molecule has 0 spiro atoms. The van der Waals surface area contributed by atoms with Gasteiger partial charge in [-0.3, -0.25) is 24.1 Å². The lowest BCUT2D eigenvalue weighted by Gasteiger charge is -2.29. The maximum Gasteiger partial charge on any atom is 0.262 e. The van der Waals surface area contributed by atoms with Gasteiger partial charge in [0, 0.05) is 29.1 Å². The lowest BCUT2D eigenvalue weighted by atomic mass is 10.1. The normalized spacial score (nSPS) is 13.3. The molecule has 2 N–H and O–H groups in total. The van der Waals surface area contributed by atoms with E-state index in [4.69, 9.17) is 0 Å². The SMILES string of the molecule is CC(C)(C)N1C(=O)c2ccc(C(=O)NCCNC(=O)c3ccccc3S)cc2C1=O. The summed E-state index contributed by atoms with van der Waals surface area (Å²) in [4.78, 5) is 51.5. The van der Waals surface area contributed by atoms with Gasteiger partial charge in [-0.05, 0) is 51.1 Å². The number of fused-ring (bicyclic) bond motifs is 1. The molecule has 0 bridgehead atoms. The van der Waals surface area contributed by atoms with Gasteiger partial charge in [0.15, 0.2) is 0 Å². The van der Waals surface area contributed by atoms with E-state index in [-0.39, 0.29) is 36.0 Å². The maximum atomic E-state index is 12.6. The molecular formula is C22H23N3O4S. The number of hydrogen-bond acceptors (Lipinski definition) is 5. The molecule has 0 unspecified atom stereocenters. The largest absolute Gasteiger partial charge is 0.350 e. The van der Waals surface area contributed by atoms with E-state index in [2.05, 4.69) is 23.3 Å². The Labute approximate surface area is 180 Å². The van der Waals surface area contributed by atoms with Crippen molar-refractivity contribution in [3.8, 4) is 0 Å². The molecule has 7 nitrogen and oxygen atoms in total. The average Bonchev–Trinajstić information content (AvgIpc) is 2.95. The van der Waals surface area contributed by atoms with Gasteiger partial charge >= 0.3 is 0 Å². The molecule has 3 rings (SSSR count). The van der Waals surface area contributed by atoms with Crippen LogP contribution >= 0.6 is 12.6 Å². The highest BCUT2D eigenvalue weighted by molar-refractivity contribution is 7.80. The molecule has 0 atom stereocenters. The van der Waals surface area contributed by atoms with Crippen LogP contribution in [0.2, 0.25) is 0 Å². The van der Waals surface area contributed by atoms with Crippen molar-refractivity contribution in [2.45, 2.75) is 31.2 Å². The third kappa shape index (κ3) is 4.23. The Morgan fingerprint density at radius 1 is 0.900 bits per heavy atom. The smallest absolute Gasteiger partial charge is 0.262 e. The Balaban J connectivity index is 1.60. The molecule has 0 aliphatic carbocycles. The zero-order chi connectivity index (χ0) is 22.1. The van der Waals surface area contributed by atoms with Crippen LogP contribution in [0, 0.1) is 0 Å². The Hall–Kier alpha value is -3.13. The standard InChI is InChI=1S/C22H23N3O4S/c1-22(2,3)25-20(28)14-9-8-13(12-16(14)21(25)29)18(26)23-10-11-24-19(27)15-6-4-5-7-17(15)30/h4-9,12,30H,10-11H2,1-3H3,(H,23,26)(H,24,27). The molecule has 2 aromatic carbocycles. The van der Waals surface area contributed by atoms with Crippen molar-refractivity contribution in [1.29, 1.82) is 0 Å². The maximum absolute atomic E-state index is 12.6. The first-order chi connectivity index (χ1) is 14.1. The highest BCUT2D eigenvalue weighted by atomic mass is 32.1. The van der Waals surface area contributed by atoms with Crippen LogP contribution in [0.15, 0.2) is 47.4 Å². The summed E-state index contributed by atoms with van der Waals surface area (Å²) in [7, 11) is 0. The molecule has 4 amide bonds. The fourth-order valence-corrected chi connectivity index (χ4v) is 3.47. The zero-order valence-corrected chi connectivity index (χ0v) is 17.9. The van der Waals surface area contributed by atoms with Crippen molar-refractivity contribution in [3.63, 3.8) is 0 Å². The highest BCUT2D eigenvalue weighted by Gasteiger charge is 2.42. The van der Waals surface area contributed by atoms with Gasteiger partial charge in [-0.15, -0.1) is 12.6 Å². The van der Waals surface area contributed by atoms with Gasteiger partial charge in [0.25, 0.3) is 23.6 Å². The van der Waals surface area contributed by atoms with Gasteiger partial charge in [-0.2, -0.15) is 0 Å². The summed E-state index contributed by atoms with van der Waals surface area (Å²) >= 11 is 4.25. The third-order valence-electron chi connectivity index (χ3n) is 4.66. The first-order valence-electron chi connectivity index (χ1n) is 9.48. The number of imide groups is 1. The minimum Gasteiger partial charge on any atom is -0.350 e. The minimum atomic E-state index is -0.653. The van der Waals surface area contributed by atoms with Crippen LogP contribution in [-0.2, 0) is 0 Å². The number of benzene rings is 2. The van der Waals surface area contributed by atoms with Gasteiger partial charge in [0.2, 0.25) is 0 Å². The lowest BCUT2D eigenvalue weighted by Crippen LogP contribution is -2.45. The number of nitrogens with zero attached hydrogens (tertiary/aromatic N) is 1. The van der Waals surface area contributed by atoms with Gasteiger partial charge in [-0.1, -0.05) is 12.1 Å². The quantitative estimate of drug-likeness (QED) is 0.390. The molecule has 0 radical (unpaired) electrons. The fraction of sp³-hybridized carbons (Fsp3) is 0.273. The summed E-state index contributed by atoms with van der Waals surface area (Å²) in [6.07, 6.45) is 0. The average molecular weight is 426 g/mol. The molecule has 1 aliphatic rings. The van der Waals surface area contributed by atoms with Gasteiger partial charge < -0.3 is 10.6 Å². The summed E-state index contributed by atoms with van der Waals surface area (Å²) in [6, 6.07) is 11.4. The fourth-order valence-electron chi connectivity index (χ4n) is 3.21. The highest BCUT2D eigenvalue weighted by Crippen LogP contribution is 2.29. The second kappa shape index (κ2) is 8.31. The van der Waals surface area contributed by atoms with Crippen LogP contribution in [0.25, 0.3) is 0 Å². The molecule has 1 aliphatic heterocycles. The Morgan fingerprint density at radius 2 is 1.50 bits per heavy atom. The Morgan fingerprint density at radius 3 is 2.13 bits per heavy atom. The molecule has 8 heteroatoms. The number of amides is 4. The second-order valence-corrected chi connectivity index (χ2v) is 8.39. The Bertz CT molecular complexity index is 1040. The van der Waals surface area contributed by atoms with Crippen molar-refractivity contribution in [2.24, 2.45) is 0 Å². The number of nitrogens with one attached hydrogen (secondary N) is 2. The summed E-state index contributed by atoms with van der Waals surface area (Å²) < 4.78 is 0. The van der Waals surface area contributed by atoms with Gasteiger partial charge in [0.1, 0.15) is 0 Å². The number of thiol groups is 1. The topological polar surface area (TPSA) is 95.6 Å². The number of carbonyl (C=O) groups excluding carboxylic acids is 4. The van der Waals surface area contributed by atoms with Crippen molar-refractivity contribution in [1.82, 2.24) is 15.5 Å². The van der Waals surface area contributed by atoms with Crippen LogP contribution in [0.3, 0.4) is 0 Å². The lowest BCUT2D eigenvalue weighted by molar-refractivity contribution is 0.0507. The van der Waals surface area contributed by atoms with E-state index in [9.17, 15) is 19.2 Å². The molecule has 0 saturated heterocycles. The van der Waals surface area contributed by atoms with E-state index >= 15 is 0 Å². The minimum absolute atomic E-state index is 0.206. The van der Waals surface area contributed by atoms with Crippen LogP contribution in [0.4, 0.5) is 0 Å². The van der Waals surface area contributed by atoms with Crippen molar-refractivity contribution < 1.29 is 19.2 Å². The molecule has 156 valence electrons. The molecule has 0 aromatic heterocycles. The molecule has 30 heavy (non-hydrogen) atoms. The summed E-state index contributed by atoms with van der Waals surface area (Å²) in [5.41, 5.74) is 0.597. The first kappa shape index (κ1) is 21.6. The van der Waals surface area contributed by atoms with Gasteiger partial charge in [0.05, 0.1) is 16.7 Å². The van der Waals surface area contributed by atoms with E-state index in [1.165, 1.54) is 23.1 Å². The van der Waals surface area contributed by atoms with E-state index in [1.807, 2.05) is 0 Å². The second-order valence-electron chi connectivity index (χ2n) is 7.91. The number of hydrogen-bond donors (Lipinski definition) is 3. The summed E-state index contributed by atoms with van der Waals surface area (Å²) in [5.74, 6) is -1.44. The van der Waals surface area contributed by atoms with Crippen LogP contribution < -0.4 is 10.6 Å². The molecule has 0 saturated carbocycles. The third-order valence-corrected chi connectivity index (χ3v) is 5.05. The molecule has 1 heterocycles. The number of carbonyl (C=O) groups is 4. The summed E-state index contributed by atoms with van der Waals surface area (Å²) in [5, 5.41) is 5.41. The van der Waals surface area contributed by atoms with Crippen LogP contribution in [0.1, 0.15) is 62.2 Å². The van der Waals surface area contributed by atoms with E-state index in [0.717, 1.165) is 0 Å². The molecular weight excluding hydrogens is 402 g/mol. The van der Waals surface area contributed by atoms with E-state index in [0.29, 0.717) is 16.0 Å². The first-order valence-corrected chi connectivity index (χ1v) is 9.93. The van der Waals surface area contributed by atoms with Crippen LogP contribution in [0.5, 0.6) is 0 Å². The predicted octanol–water partition coefficient (Wildman–Crippen LogP) is 2.53.